The Balaban J connectivity index is 2.34. The molecule has 82 valence electrons. The summed E-state index contributed by atoms with van der Waals surface area (Å²) < 4.78 is 2.02. The van der Waals surface area contributed by atoms with Crippen LogP contribution in [0.2, 0.25) is 0 Å². The lowest BCUT2D eigenvalue weighted by atomic mass is 9.91. The summed E-state index contributed by atoms with van der Waals surface area (Å²) in [5.41, 5.74) is 0.367. The minimum atomic E-state index is -0.644. The van der Waals surface area contributed by atoms with E-state index in [-0.39, 0.29) is 0 Å². The summed E-state index contributed by atoms with van der Waals surface area (Å²) in [7, 11) is 0. The fraction of sp³-hybridized carbons (Fsp3) is 0.455. The molecule has 0 aliphatic carbocycles. The summed E-state index contributed by atoms with van der Waals surface area (Å²) in [4.78, 5) is 0. The van der Waals surface area contributed by atoms with Crippen LogP contribution in [0.5, 0.6) is 0 Å². The van der Waals surface area contributed by atoms with E-state index in [1.807, 2.05) is 30.0 Å². The van der Waals surface area contributed by atoms with Crippen LogP contribution in [0.25, 0.3) is 0 Å². The monoisotopic (exact) mass is 350 g/mol. The fourth-order valence-electron chi connectivity index (χ4n) is 1.83. The summed E-state index contributed by atoms with van der Waals surface area (Å²) >= 11 is 8.74. The van der Waals surface area contributed by atoms with E-state index in [0.717, 1.165) is 38.9 Å². The highest BCUT2D eigenvalue weighted by Gasteiger charge is 2.31. The topological polar surface area (TPSA) is 20.2 Å². The second kappa shape index (κ2) is 4.78. The van der Waals surface area contributed by atoms with Gasteiger partial charge in [-0.25, -0.2) is 0 Å². The molecular weight excluding hydrogens is 340 g/mol. The van der Waals surface area contributed by atoms with Crippen LogP contribution in [0.15, 0.2) is 27.1 Å². The molecule has 0 bridgehead atoms. The van der Waals surface area contributed by atoms with E-state index in [4.69, 9.17) is 0 Å². The van der Waals surface area contributed by atoms with Gasteiger partial charge in [0.1, 0.15) is 0 Å². The molecule has 1 aromatic carbocycles. The molecule has 1 N–H and O–H groups in total. The first-order chi connectivity index (χ1) is 7.10. The standard InChI is InChI=1S/C11H12Br2OS/c12-9-4-8(5-10(13)6-9)11(14)2-1-3-15-7-11/h4-6,14H,1-3,7H2/t11-/m0/s1. The van der Waals surface area contributed by atoms with Gasteiger partial charge in [0.25, 0.3) is 0 Å². The highest BCUT2D eigenvalue weighted by molar-refractivity contribution is 9.11. The third kappa shape index (κ3) is 2.78. The van der Waals surface area contributed by atoms with Crippen molar-refractivity contribution in [1.82, 2.24) is 0 Å². The number of hydrogen-bond donors (Lipinski definition) is 1. The summed E-state index contributed by atoms with van der Waals surface area (Å²) in [6.07, 6.45) is 1.95. The van der Waals surface area contributed by atoms with Crippen LogP contribution in [-0.4, -0.2) is 16.6 Å². The van der Waals surface area contributed by atoms with Crippen LogP contribution >= 0.6 is 43.6 Å². The summed E-state index contributed by atoms with van der Waals surface area (Å²) in [5, 5.41) is 10.5. The maximum absolute atomic E-state index is 10.5. The van der Waals surface area contributed by atoms with E-state index in [9.17, 15) is 5.11 Å². The van der Waals surface area contributed by atoms with Crippen LogP contribution in [0.3, 0.4) is 0 Å². The Morgan fingerprint density at radius 3 is 2.40 bits per heavy atom. The number of hydrogen-bond acceptors (Lipinski definition) is 2. The van der Waals surface area contributed by atoms with Gasteiger partial charge >= 0.3 is 0 Å². The lowest BCUT2D eigenvalue weighted by Crippen LogP contribution is -2.31. The first-order valence-corrected chi connectivity index (χ1v) is 7.61. The van der Waals surface area contributed by atoms with E-state index < -0.39 is 5.60 Å². The van der Waals surface area contributed by atoms with E-state index in [1.165, 1.54) is 0 Å². The van der Waals surface area contributed by atoms with E-state index in [0.29, 0.717) is 0 Å². The van der Waals surface area contributed by atoms with Gasteiger partial charge < -0.3 is 5.11 Å². The van der Waals surface area contributed by atoms with Crippen molar-refractivity contribution < 1.29 is 5.11 Å². The van der Waals surface area contributed by atoms with Gasteiger partial charge in [-0.1, -0.05) is 31.9 Å². The van der Waals surface area contributed by atoms with Crippen molar-refractivity contribution in [3.05, 3.63) is 32.7 Å². The highest BCUT2D eigenvalue weighted by atomic mass is 79.9. The van der Waals surface area contributed by atoms with Gasteiger partial charge in [0.15, 0.2) is 0 Å². The maximum Gasteiger partial charge on any atom is 0.0987 e. The Morgan fingerprint density at radius 1 is 1.20 bits per heavy atom. The molecule has 0 radical (unpaired) electrons. The van der Waals surface area contributed by atoms with Gasteiger partial charge in [-0.2, -0.15) is 11.8 Å². The molecule has 1 nitrogen and oxygen atoms in total. The van der Waals surface area contributed by atoms with Crippen LogP contribution in [0.4, 0.5) is 0 Å². The maximum atomic E-state index is 10.5. The van der Waals surface area contributed by atoms with Crippen molar-refractivity contribution in [3.63, 3.8) is 0 Å². The van der Waals surface area contributed by atoms with Crippen LogP contribution in [0.1, 0.15) is 18.4 Å². The zero-order chi connectivity index (χ0) is 10.9. The lowest BCUT2D eigenvalue weighted by molar-refractivity contribution is 0.0494. The zero-order valence-electron chi connectivity index (χ0n) is 8.17. The smallest absolute Gasteiger partial charge is 0.0987 e. The molecule has 1 fully saturated rings. The Labute approximate surface area is 111 Å². The molecule has 1 aliphatic rings. The third-order valence-corrected chi connectivity index (χ3v) is 4.79. The summed E-state index contributed by atoms with van der Waals surface area (Å²) in [6.45, 7) is 0. The molecule has 0 aromatic heterocycles. The van der Waals surface area contributed by atoms with Crippen molar-refractivity contribution in [2.24, 2.45) is 0 Å². The average Bonchev–Trinajstić information content (AvgIpc) is 2.17. The number of aliphatic hydroxyl groups is 1. The predicted octanol–water partition coefficient (Wildman–Crippen LogP) is 3.93. The Bertz CT molecular complexity index is 341. The van der Waals surface area contributed by atoms with Crippen molar-refractivity contribution in [2.45, 2.75) is 18.4 Å². The van der Waals surface area contributed by atoms with Crippen LogP contribution in [-0.2, 0) is 5.60 Å². The second-order valence-electron chi connectivity index (χ2n) is 3.85. The van der Waals surface area contributed by atoms with Crippen molar-refractivity contribution in [2.75, 3.05) is 11.5 Å². The first-order valence-electron chi connectivity index (χ1n) is 4.87. The van der Waals surface area contributed by atoms with Gasteiger partial charge in [-0.05, 0) is 42.4 Å². The molecule has 1 heterocycles. The molecular formula is C11H12Br2OS. The lowest BCUT2D eigenvalue weighted by Gasteiger charge is -2.32. The number of benzene rings is 1. The largest absolute Gasteiger partial charge is 0.384 e. The summed E-state index contributed by atoms with van der Waals surface area (Å²) in [5.74, 6) is 1.97. The molecule has 2 rings (SSSR count). The van der Waals surface area contributed by atoms with E-state index in [2.05, 4.69) is 31.9 Å². The summed E-state index contributed by atoms with van der Waals surface area (Å²) in [6, 6.07) is 6.01. The Morgan fingerprint density at radius 2 is 1.87 bits per heavy atom. The van der Waals surface area contributed by atoms with Crippen molar-refractivity contribution in [1.29, 1.82) is 0 Å². The fourth-order valence-corrected chi connectivity index (χ4v) is 4.27. The number of halogens is 2. The molecule has 1 atom stereocenters. The third-order valence-electron chi connectivity index (χ3n) is 2.62. The SMILES string of the molecule is O[C@@]1(c2cc(Br)cc(Br)c2)CCCSC1. The Kier molecular flexibility index (Phi) is 3.81. The van der Waals surface area contributed by atoms with Gasteiger partial charge in [0, 0.05) is 14.7 Å². The number of thioether (sulfide) groups is 1. The van der Waals surface area contributed by atoms with Crippen LogP contribution in [0, 0.1) is 0 Å². The minimum Gasteiger partial charge on any atom is -0.384 e. The first kappa shape index (κ1) is 12.0. The molecule has 1 aliphatic heterocycles. The van der Waals surface area contributed by atoms with Gasteiger partial charge in [-0.3, -0.25) is 0 Å². The molecule has 0 saturated carbocycles. The molecule has 4 heteroatoms. The quantitative estimate of drug-likeness (QED) is 0.827. The second-order valence-corrected chi connectivity index (χ2v) is 6.78. The van der Waals surface area contributed by atoms with Gasteiger partial charge in [0.2, 0.25) is 0 Å². The molecule has 0 unspecified atom stereocenters. The molecule has 0 spiro atoms. The molecule has 1 aromatic rings. The van der Waals surface area contributed by atoms with Crippen molar-refractivity contribution >= 4 is 43.6 Å². The van der Waals surface area contributed by atoms with Crippen molar-refractivity contribution in [3.8, 4) is 0 Å². The molecule has 1 saturated heterocycles. The van der Waals surface area contributed by atoms with Gasteiger partial charge in [-0.15, -0.1) is 0 Å². The minimum absolute atomic E-state index is 0.644. The number of rotatable bonds is 1. The normalized spacial score (nSPS) is 26.6. The average molecular weight is 352 g/mol. The van der Waals surface area contributed by atoms with Crippen LogP contribution < -0.4 is 0 Å². The van der Waals surface area contributed by atoms with E-state index >= 15 is 0 Å². The van der Waals surface area contributed by atoms with Gasteiger partial charge in [0.05, 0.1) is 5.60 Å². The predicted molar refractivity (Wildman–Crippen MR) is 72.3 cm³/mol. The highest BCUT2D eigenvalue weighted by Crippen LogP contribution is 2.37. The Hall–Kier alpha value is 0.490. The molecule has 0 amide bonds. The molecule has 15 heavy (non-hydrogen) atoms. The van der Waals surface area contributed by atoms with E-state index in [1.54, 1.807) is 0 Å². The zero-order valence-corrected chi connectivity index (χ0v) is 12.2.